The van der Waals surface area contributed by atoms with Gasteiger partial charge in [0, 0.05) is 41.5 Å². The molecule has 1 aromatic heterocycles. The van der Waals surface area contributed by atoms with E-state index in [-0.39, 0.29) is 5.69 Å². The third-order valence-corrected chi connectivity index (χ3v) is 6.04. The van der Waals surface area contributed by atoms with Crippen LogP contribution in [0.1, 0.15) is 23.3 Å². The molecule has 0 aliphatic carbocycles. The predicted molar refractivity (Wildman–Crippen MR) is 125 cm³/mol. The molecule has 1 saturated heterocycles. The van der Waals surface area contributed by atoms with Crippen LogP contribution in [0.5, 0.6) is 0 Å². The highest BCUT2D eigenvalue weighted by Gasteiger charge is 2.21. The highest BCUT2D eigenvalue weighted by molar-refractivity contribution is 6.30. The van der Waals surface area contributed by atoms with Crippen LogP contribution in [0, 0.1) is 5.92 Å². The SMILES string of the molecule is CN(C)CC1CCN(c2ccc(-c3nc(C(=O)O)c(-c4ccc(Cl)cc4)[nH]3)cc2)CC1. The van der Waals surface area contributed by atoms with Crippen LogP contribution in [-0.4, -0.2) is 59.7 Å². The van der Waals surface area contributed by atoms with Crippen LogP contribution in [-0.2, 0) is 0 Å². The first-order valence-electron chi connectivity index (χ1n) is 10.5. The van der Waals surface area contributed by atoms with E-state index >= 15 is 0 Å². The predicted octanol–water partition coefficient (Wildman–Crippen LogP) is 4.87. The summed E-state index contributed by atoms with van der Waals surface area (Å²) in [7, 11) is 4.27. The molecule has 1 aliphatic heterocycles. The Morgan fingerprint density at radius 1 is 1.10 bits per heavy atom. The average molecular weight is 439 g/mol. The lowest BCUT2D eigenvalue weighted by Crippen LogP contribution is -2.37. The fourth-order valence-corrected chi connectivity index (χ4v) is 4.34. The van der Waals surface area contributed by atoms with Gasteiger partial charge in [-0.15, -0.1) is 0 Å². The number of nitrogens with zero attached hydrogens (tertiary/aromatic N) is 3. The second-order valence-electron chi connectivity index (χ2n) is 8.36. The van der Waals surface area contributed by atoms with Crippen molar-refractivity contribution in [1.82, 2.24) is 14.9 Å². The van der Waals surface area contributed by atoms with Crippen molar-refractivity contribution in [1.29, 1.82) is 0 Å². The van der Waals surface area contributed by atoms with Crippen LogP contribution >= 0.6 is 11.6 Å². The second kappa shape index (κ2) is 9.12. The van der Waals surface area contributed by atoms with Crippen LogP contribution in [0.25, 0.3) is 22.6 Å². The summed E-state index contributed by atoms with van der Waals surface area (Å²) in [4.78, 5) is 24.0. The molecular weight excluding hydrogens is 412 g/mol. The fraction of sp³-hybridized carbons (Fsp3) is 0.333. The van der Waals surface area contributed by atoms with Gasteiger partial charge in [0.15, 0.2) is 5.69 Å². The van der Waals surface area contributed by atoms with Crippen molar-refractivity contribution in [2.45, 2.75) is 12.8 Å². The Morgan fingerprint density at radius 2 is 1.71 bits per heavy atom. The molecule has 0 saturated carbocycles. The van der Waals surface area contributed by atoms with E-state index in [0.717, 1.165) is 36.7 Å². The molecule has 2 heterocycles. The lowest BCUT2D eigenvalue weighted by Gasteiger charge is -2.34. The number of carbonyl (C=O) groups is 1. The molecule has 0 unspecified atom stereocenters. The van der Waals surface area contributed by atoms with Gasteiger partial charge in [0.1, 0.15) is 5.82 Å². The van der Waals surface area contributed by atoms with Gasteiger partial charge in [-0.25, -0.2) is 9.78 Å². The first-order chi connectivity index (χ1) is 14.9. The van der Waals surface area contributed by atoms with Gasteiger partial charge < -0.3 is 19.9 Å². The summed E-state index contributed by atoms with van der Waals surface area (Å²) in [6, 6.07) is 15.2. The Labute approximate surface area is 187 Å². The molecule has 162 valence electrons. The van der Waals surface area contributed by atoms with E-state index in [0.29, 0.717) is 16.5 Å². The summed E-state index contributed by atoms with van der Waals surface area (Å²) in [6.45, 7) is 3.26. The van der Waals surface area contributed by atoms with Gasteiger partial charge >= 0.3 is 5.97 Å². The zero-order chi connectivity index (χ0) is 22.0. The van der Waals surface area contributed by atoms with Gasteiger partial charge in [0.25, 0.3) is 0 Å². The molecule has 31 heavy (non-hydrogen) atoms. The number of aromatic carboxylic acids is 1. The molecule has 0 radical (unpaired) electrons. The maximum atomic E-state index is 11.7. The van der Waals surface area contributed by atoms with Crippen LogP contribution in [0.2, 0.25) is 5.02 Å². The number of aromatic amines is 1. The van der Waals surface area contributed by atoms with Crippen LogP contribution in [0.4, 0.5) is 5.69 Å². The maximum Gasteiger partial charge on any atom is 0.356 e. The lowest BCUT2D eigenvalue weighted by atomic mass is 9.96. The van der Waals surface area contributed by atoms with E-state index in [1.54, 1.807) is 24.3 Å². The van der Waals surface area contributed by atoms with Crippen molar-refractivity contribution in [3.05, 3.63) is 59.2 Å². The third-order valence-electron chi connectivity index (χ3n) is 5.78. The summed E-state index contributed by atoms with van der Waals surface area (Å²) < 4.78 is 0. The van der Waals surface area contributed by atoms with Crippen molar-refractivity contribution in [2.75, 3.05) is 38.6 Å². The van der Waals surface area contributed by atoms with Gasteiger partial charge in [-0.1, -0.05) is 23.7 Å². The molecule has 7 heteroatoms. The number of imidazole rings is 1. The number of carboxylic acids is 1. The Balaban J connectivity index is 1.52. The molecule has 1 fully saturated rings. The van der Waals surface area contributed by atoms with Crippen molar-refractivity contribution in [3.8, 4) is 22.6 Å². The molecule has 2 aromatic carbocycles. The minimum absolute atomic E-state index is 0.00404. The zero-order valence-corrected chi connectivity index (χ0v) is 18.6. The lowest BCUT2D eigenvalue weighted by molar-refractivity contribution is 0.0692. The summed E-state index contributed by atoms with van der Waals surface area (Å²) in [5, 5.41) is 10.2. The summed E-state index contributed by atoms with van der Waals surface area (Å²) >= 11 is 5.96. The molecule has 0 amide bonds. The van der Waals surface area contributed by atoms with E-state index in [4.69, 9.17) is 11.6 Å². The topological polar surface area (TPSA) is 72.5 Å². The largest absolute Gasteiger partial charge is 0.476 e. The molecule has 0 bridgehead atoms. The van der Waals surface area contributed by atoms with E-state index < -0.39 is 5.97 Å². The standard InChI is InChI=1S/C24H27ClN4O2/c1-28(2)15-16-11-13-29(14-12-16)20-9-5-18(6-10-20)23-26-21(22(27-23)24(30)31)17-3-7-19(25)8-4-17/h3-10,16H,11-15H2,1-2H3,(H,26,27)(H,30,31). The number of aromatic nitrogens is 2. The quantitative estimate of drug-likeness (QED) is 0.574. The fourth-order valence-electron chi connectivity index (χ4n) is 4.21. The summed E-state index contributed by atoms with van der Waals surface area (Å²) in [5.41, 5.74) is 3.26. The van der Waals surface area contributed by atoms with Gasteiger partial charge in [0.2, 0.25) is 0 Å². The number of anilines is 1. The van der Waals surface area contributed by atoms with E-state index in [2.05, 4.69) is 46.0 Å². The van der Waals surface area contributed by atoms with Gasteiger partial charge in [-0.05, 0) is 69.3 Å². The van der Waals surface area contributed by atoms with E-state index in [9.17, 15) is 9.90 Å². The van der Waals surface area contributed by atoms with Crippen molar-refractivity contribution >= 4 is 23.3 Å². The normalized spacial score (nSPS) is 14.9. The first kappa shape index (κ1) is 21.4. The first-order valence-corrected chi connectivity index (χ1v) is 10.9. The van der Waals surface area contributed by atoms with Gasteiger partial charge in [-0.3, -0.25) is 0 Å². The van der Waals surface area contributed by atoms with E-state index in [1.165, 1.54) is 18.5 Å². The summed E-state index contributed by atoms with van der Waals surface area (Å²) in [5.74, 6) is 0.234. The average Bonchev–Trinajstić information content (AvgIpc) is 3.20. The van der Waals surface area contributed by atoms with Crippen molar-refractivity contribution < 1.29 is 9.90 Å². The molecule has 2 N–H and O–H groups in total. The van der Waals surface area contributed by atoms with Crippen LogP contribution in [0.15, 0.2) is 48.5 Å². The van der Waals surface area contributed by atoms with Crippen LogP contribution in [0.3, 0.4) is 0 Å². The number of piperidine rings is 1. The zero-order valence-electron chi connectivity index (χ0n) is 17.8. The van der Waals surface area contributed by atoms with Crippen molar-refractivity contribution in [3.63, 3.8) is 0 Å². The highest BCUT2D eigenvalue weighted by atomic mass is 35.5. The Kier molecular flexibility index (Phi) is 6.30. The Hall–Kier alpha value is -2.83. The number of H-pyrrole nitrogens is 1. The molecule has 6 nitrogen and oxygen atoms in total. The van der Waals surface area contributed by atoms with Gasteiger partial charge in [0.05, 0.1) is 5.69 Å². The molecular formula is C24H27ClN4O2. The van der Waals surface area contributed by atoms with Gasteiger partial charge in [-0.2, -0.15) is 0 Å². The molecule has 0 atom stereocenters. The van der Waals surface area contributed by atoms with Crippen molar-refractivity contribution in [2.24, 2.45) is 5.92 Å². The number of benzene rings is 2. The molecule has 3 aromatic rings. The maximum absolute atomic E-state index is 11.7. The minimum atomic E-state index is -1.07. The summed E-state index contributed by atoms with van der Waals surface area (Å²) in [6.07, 6.45) is 2.40. The highest BCUT2D eigenvalue weighted by Crippen LogP contribution is 2.29. The number of carboxylic acid groups (broad SMARTS) is 1. The molecule has 1 aliphatic rings. The number of hydrogen-bond acceptors (Lipinski definition) is 4. The number of rotatable bonds is 6. The monoisotopic (exact) mass is 438 g/mol. The van der Waals surface area contributed by atoms with Crippen LogP contribution < -0.4 is 4.90 Å². The van der Waals surface area contributed by atoms with E-state index in [1.807, 2.05) is 12.1 Å². The number of hydrogen-bond donors (Lipinski definition) is 2. The smallest absolute Gasteiger partial charge is 0.356 e. The molecule has 0 spiro atoms. The number of halogens is 1. The number of nitrogens with one attached hydrogen (secondary N) is 1. The third kappa shape index (κ3) is 4.92. The minimum Gasteiger partial charge on any atom is -0.476 e. The Bertz CT molecular complexity index is 1040. The molecule has 4 rings (SSSR count). The second-order valence-corrected chi connectivity index (χ2v) is 8.80. The Morgan fingerprint density at radius 3 is 2.29 bits per heavy atom.